The molecule has 0 aliphatic heterocycles. The van der Waals surface area contributed by atoms with Crippen LogP contribution in [0.5, 0.6) is 0 Å². The number of rotatable bonds is 2. The van der Waals surface area contributed by atoms with Crippen molar-refractivity contribution in [3.63, 3.8) is 0 Å². The number of hydrogen-bond donors (Lipinski definition) is 0. The molecule has 0 saturated carbocycles. The number of nitrogens with zero attached hydrogens (tertiary/aromatic N) is 3. The van der Waals surface area contributed by atoms with Crippen LogP contribution in [0.15, 0.2) is 29.0 Å². The van der Waals surface area contributed by atoms with Gasteiger partial charge in [-0.1, -0.05) is 23.2 Å². The van der Waals surface area contributed by atoms with E-state index in [9.17, 15) is 4.79 Å². The van der Waals surface area contributed by atoms with Crippen LogP contribution < -0.4 is 0 Å². The molecular weight excluding hydrogens is 353 g/mol. The number of carbonyl (C=O) groups excluding carboxylic acids is 1. The van der Waals surface area contributed by atoms with Gasteiger partial charge in [-0.25, -0.2) is 4.68 Å². The van der Waals surface area contributed by atoms with Crippen LogP contribution in [0.3, 0.4) is 0 Å². The maximum atomic E-state index is 11.9. The largest absolute Gasteiger partial charge is 0.345 e. The first-order chi connectivity index (χ1) is 8.91. The van der Waals surface area contributed by atoms with Crippen molar-refractivity contribution in [3.05, 3.63) is 44.6 Å². The van der Waals surface area contributed by atoms with E-state index in [4.69, 9.17) is 23.2 Å². The van der Waals surface area contributed by atoms with Gasteiger partial charge in [0.05, 0.1) is 22.5 Å². The van der Waals surface area contributed by atoms with Gasteiger partial charge in [-0.2, -0.15) is 5.10 Å². The van der Waals surface area contributed by atoms with Gasteiger partial charge in [-0.15, -0.1) is 0 Å². The number of amides is 1. The zero-order valence-electron chi connectivity index (χ0n) is 10.2. The Bertz CT molecular complexity index is 640. The number of benzene rings is 1. The summed E-state index contributed by atoms with van der Waals surface area (Å²) in [6.45, 7) is 0. The highest BCUT2D eigenvalue weighted by Gasteiger charge is 2.18. The van der Waals surface area contributed by atoms with E-state index < -0.39 is 0 Å². The lowest BCUT2D eigenvalue weighted by atomic mass is 10.3. The molecule has 0 saturated heterocycles. The van der Waals surface area contributed by atoms with E-state index in [1.807, 2.05) is 0 Å². The van der Waals surface area contributed by atoms with Crippen LogP contribution in [-0.2, 0) is 0 Å². The van der Waals surface area contributed by atoms with Gasteiger partial charge in [0.1, 0.15) is 4.60 Å². The van der Waals surface area contributed by atoms with Crippen LogP contribution in [0.25, 0.3) is 5.69 Å². The molecule has 4 nitrogen and oxygen atoms in total. The number of hydrogen-bond acceptors (Lipinski definition) is 2. The standard InChI is InChI=1S/C12H10BrCl2N3O/c1-17(2)12(19)8-6-16-18(11(8)13)10-4-3-7(14)5-9(10)15/h3-6H,1-2H3. The predicted molar refractivity (Wildman–Crippen MR) is 79.3 cm³/mol. The van der Waals surface area contributed by atoms with Crippen molar-refractivity contribution in [2.75, 3.05) is 14.1 Å². The molecule has 1 aromatic heterocycles. The Morgan fingerprint density at radius 1 is 1.37 bits per heavy atom. The summed E-state index contributed by atoms with van der Waals surface area (Å²) in [6.07, 6.45) is 1.50. The quantitative estimate of drug-likeness (QED) is 0.817. The molecule has 1 aromatic carbocycles. The lowest BCUT2D eigenvalue weighted by molar-refractivity contribution is 0.0826. The molecule has 19 heavy (non-hydrogen) atoms. The smallest absolute Gasteiger partial charge is 0.257 e. The van der Waals surface area contributed by atoms with Crippen molar-refractivity contribution in [2.45, 2.75) is 0 Å². The summed E-state index contributed by atoms with van der Waals surface area (Å²) in [6, 6.07) is 5.08. The first kappa shape index (κ1) is 14.4. The average molecular weight is 363 g/mol. The SMILES string of the molecule is CN(C)C(=O)c1cnn(-c2ccc(Cl)cc2Cl)c1Br. The lowest BCUT2D eigenvalue weighted by Gasteiger charge is -2.10. The number of halogens is 3. The maximum Gasteiger partial charge on any atom is 0.257 e. The highest BCUT2D eigenvalue weighted by atomic mass is 79.9. The molecule has 2 aromatic rings. The topological polar surface area (TPSA) is 38.1 Å². The molecule has 2 rings (SSSR count). The third kappa shape index (κ3) is 2.78. The molecule has 0 unspecified atom stereocenters. The van der Waals surface area contributed by atoms with Gasteiger partial charge in [0.25, 0.3) is 5.91 Å². The molecular formula is C12H10BrCl2N3O. The minimum atomic E-state index is -0.136. The molecule has 0 fully saturated rings. The maximum absolute atomic E-state index is 11.9. The Morgan fingerprint density at radius 2 is 2.05 bits per heavy atom. The first-order valence-electron chi connectivity index (χ1n) is 5.32. The zero-order valence-corrected chi connectivity index (χ0v) is 13.3. The lowest BCUT2D eigenvalue weighted by Crippen LogP contribution is -2.21. The summed E-state index contributed by atoms with van der Waals surface area (Å²) in [7, 11) is 3.36. The van der Waals surface area contributed by atoms with E-state index in [-0.39, 0.29) is 5.91 Å². The van der Waals surface area contributed by atoms with Crippen LogP contribution in [0.2, 0.25) is 10.0 Å². The van der Waals surface area contributed by atoms with Gasteiger partial charge in [0.2, 0.25) is 0 Å². The fourth-order valence-corrected chi connectivity index (χ4v) is 2.58. The summed E-state index contributed by atoms with van der Waals surface area (Å²) >= 11 is 15.4. The summed E-state index contributed by atoms with van der Waals surface area (Å²) < 4.78 is 2.10. The zero-order chi connectivity index (χ0) is 14.2. The number of carbonyl (C=O) groups is 1. The Labute approximate surface area is 129 Å². The molecule has 7 heteroatoms. The second-order valence-corrected chi connectivity index (χ2v) is 5.65. The molecule has 0 atom stereocenters. The first-order valence-corrected chi connectivity index (χ1v) is 6.87. The van der Waals surface area contributed by atoms with E-state index in [1.54, 1.807) is 37.0 Å². The van der Waals surface area contributed by atoms with Crippen LogP contribution in [0.4, 0.5) is 0 Å². The predicted octanol–water partition coefficient (Wildman–Crippen LogP) is 3.64. The summed E-state index contributed by atoms with van der Waals surface area (Å²) in [4.78, 5) is 13.4. The van der Waals surface area contributed by atoms with E-state index in [0.717, 1.165) is 0 Å². The fourth-order valence-electron chi connectivity index (χ4n) is 1.54. The monoisotopic (exact) mass is 361 g/mol. The van der Waals surface area contributed by atoms with E-state index in [0.29, 0.717) is 25.9 Å². The Hall–Kier alpha value is -1.04. The molecule has 0 bridgehead atoms. The van der Waals surface area contributed by atoms with Crippen molar-refractivity contribution in [2.24, 2.45) is 0 Å². The summed E-state index contributed by atoms with van der Waals surface area (Å²) in [5.74, 6) is -0.136. The fraction of sp³-hybridized carbons (Fsp3) is 0.167. The van der Waals surface area contributed by atoms with Crippen molar-refractivity contribution < 1.29 is 4.79 Å². The molecule has 0 aliphatic rings. The van der Waals surface area contributed by atoms with Crippen molar-refractivity contribution in [1.29, 1.82) is 0 Å². The van der Waals surface area contributed by atoms with Gasteiger partial charge >= 0.3 is 0 Å². The molecule has 1 heterocycles. The molecule has 100 valence electrons. The highest BCUT2D eigenvalue weighted by Crippen LogP contribution is 2.28. The van der Waals surface area contributed by atoms with Gasteiger partial charge in [0, 0.05) is 19.1 Å². The third-order valence-corrected chi connectivity index (χ3v) is 3.79. The normalized spacial score (nSPS) is 10.6. The average Bonchev–Trinajstić information content (AvgIpc) is 2.70. The van der Waals surface area contributed by atoms with E-state index in [2.05, 4.69) is 21.0 Å². The second-order valence-electron chi connectivity index (χ2n) is 4.06. The molecule has 0 spiro atoms. The van der Waals surface area contributed by atoms with Crippen LogP contribution in [-0.4, -0.2) is 34.7 Å². The van der Waals surface area contributed by atoms with Crippen LogP contribution >= 0.6 is 39.1 Å². The van der Waals surface area contributed by atoms with E-state index >= 15 is 0 Å². The number of aromatic nitrogens is 2. The van der Waals surface area contributed by atoms with Gasteiger partial charge < -0.3 is 4.90 Å². The molecule has 0 radical (unpaired) electrons. The van der Waals surface area contributed by atoms with Gasteiger partial charge in [0.15, 0.2) is 0 Å². The molecule has 0 aliphatic carbocycles. The van der Waals surface area contributed by atoms with Gasteiger partial charge in [-0.3, -0.25) is 4.79 Å². The second kappa shape index (κ2) is 5.53. The van der Waals surface area contributed by atoms with Crippen LogP contribution in [0, 0.1) is 0 Å². The Balaban J connectivity index is 2.50. The minimum absolute atomic E-state index is 0.136. The van der Waals surface area contributed by atoms with Crippen molar-refractivity contribution >= 4 is 45.0 Å². The minimum Gasteiger partial charge on any atom is -0.345 e. The summed E-state index contributed by atoms with van der Waals surface area (Å²) in [5.41, 5.74) is 1.12. The van der Waals surface area contributed by atoms with Gasteiger partial charge in [-0.05, 0) is 34.1 Å². The van der Waals surface area contributed by atoms with Crippen molar-refractivity contribution in [1.82, 2.24) is 14.7 Å². The van der Waals surface area contributed by atoms with E-state index in [1.165, 1.54) is 11.1 Å². The van der Waals surface area contributed by atoms with Crippen LogP contribution in [0.1, 0.15) is 10.4 Å². The highest BCUT2D eigenvalue weighted by molar-refractivity contribution is 9.10. The van der Waals surface area contributed by atoms with Crippen molar-refractivity contribution in [3.8, 4) is 5.69 Å². The Kier molecular flexibility index (Phi) is 4.18. The Morgan fingerprint density at radius 3 is 2.63 bits per heavy atom. The summed E-state index contributed by atoms with van der Waals surface area (Å²) in [5, 5.41) is 5.18. The molecule has 0 N–H and O–H groups in total. The third-order valence-electron chi connectivity index (χ3n) is 2.49. The molecule has 1 amide bonds.